The number of amides is 1. The van der Waals surface area contributed by atoms with Crippen molar-refractivity contribution in [3.05, 3.63) is 35.9 Å². The molecule has 132 valence electrons. The molecule has 1 N–H and O–H groups in total. The zero-order valence-corrected chi connectivity index (χ0v) is 13.5. The highest BCUT2D eigenvalue weighted by Crippen LogP contribution is 2.36. The van der Waals surface area contributed by atoms with E-state index in [2.05, 4.69) is 0 Å². The van der Waals surface area contributed by atoms with Gasteiger partial charge in [0.15, 0.2) is 0 Å². The maximum Gasteiger partial charge on any atom is 0.307 e. The number of carboxylic acids is 1. The first-order chi connectivity index (χ1) is 11.1. The van der Waals surface area contributed by atoms with Crippen LogP contribution in [0.1, 0.15) is 45.1 Å². The highest BCUT2D eigenvalue weighted by Gasteiger charge is 2.37. The number of carbonyl (C=O) groups is 2. The number of likely N-dealkylation sites (tertiary alicyclic amines) is 1. The van der Waals surface area contributed by atoms with Crippen molar-refractivity contribution in [1.82, 2.24) is 4.90 Å². The Labute approximate surface area is 144 Å². The molecule has 1 aromatic carbocycles. The van der Waals surface area contributed by atoms with Crippen molar-refractivity contribution >= 4 is 11.9 Å². The number of fused-ring (bicyclic) bond motifs is 1. The maximum absolute atomic E-state index is 12.6. The summed E-state index contributed by atoms with van der Waals surface area (Å²) in [7, 11) is 0. The predicted molar refractivity (Wildman–Crippen MR) is 94.6 cm³/mol. The third-order valence-corrected chi connectivity index (χ3v) is 5.42. The summed E-state index contributed by atoms with van der Waals surface area (Å²) in [6.45, 7) is 1.67. The van der Waals surface area contributed by atoms with Crippen molar-refractivity contribution in [2.75, 3.05) is 13.1 Å². The van der Waals surface area contributed by atoms with Gasteiger partial charge in [-0.2, -0.15) is 0 Å². The molecule has 0 bridgehead atoms. The molecule has 1 amide bonds. The normalized spacial score (nSPS) is 23.9. The summed E-state index contributed by atoms with van der Waals surface area (Å²) in [6.07, 6.45) is 5.53. The van der Waals surface area contributed by atoms with Crippen LogP contribution in [0.4, 0.5) is 0 Å². The van der Waals surface area contributed by atoms with Crippen LogP contribution >= 0.6 is 0 Å². The minimum absolute atomic E-state index is 0. The molecule has 1 saturated carbocycles. The van der Waals surface area contributed by atoms with Crippen LogP contribution in [0, 0.1) is 17.8 Å². The summed E-state index contributed by atoms with van der Waals surface area (Å²) in [4.78, 5) is 26.0. The lowest BCUT2D eigenvalue weighted by molar-refractivity contribution is -0.145. The summed E-state index contributed by atoms with van der Waals surface area (Å²) in [6, 6.07) is 9.56. The van der Waals surface area contributed by atoms with Gasteiger partial charge in [-0.3, -0.25) is 9.59 Å². The Morgan fingerprint density at radius 3 is 2.21 bits per heavy atom. The zero-order valence-electron chi connectivity index (χ0n) is 13.5. The average molecular weight is 331 g/mol. The quantitative estimate of drug-likeness (QED) is 0.897. The van der Waals surface area contributed by atoms with E-state index in [0.29, 0.717) is 18.3 Å². The Balaban J connectivity index is 0.00000208. The maximum atomic E-state index is 12.6. The average Bonchev–Trinajstić information content (AvgIpc) is 2.99. The van der Waals surface area contributed by atoms with E-state index in [4.69, 9.17) is 0 Å². The lowest BCUT2D eigenvalue weighted by Crippen LogP contribution is -2.33. The molecule has 2 fully saturated rings. The largest absolute Gasteiger partial charge is 0.481 e. The topological polar surface area (TPSA) is 57.6 Å². The van der Waals surface area contributed by atoms with Crippen molar-refractivity contribution in [1.29, 1.82) is 0 Å². The molecular formula is C20H29NO3. The second-order valence-corrected chi connectivity index (χ2v) is 7.03. The minimum Gasteiger partial charge on any atom is -0.481 e. The lowest BCUT2D eigenvalue weighted by Gasteiger charge is -2.22. The highest BCUT2D eigenvalue weighted by atomic mass is 16.4. The van der Waals surface area contributed by atoms with Crippen LogP contribution in [-0.4, -0.2) is 35.0 Å². The Kier molecular flexibility index (Phi) is 6.41. The summed E-state index contributed by atoms with van der Waals surface area (Å²) in [5.74, 6) is -0.204. The standard InChI is InChI=1S/C19H25NO3.CH4/c21-18(20-12-15-8-4-5-9-16(15)13-20)11-17(19(22)23)10-14-6-2-1-3-7-14;/h1-3,6-7,15-17H,4-5,8-13H2,(H,22,23);1H4. The fraction of sp³-hybridized carbons (Fsp3) is 0.600. The van der Waals surface area contributed by atoms with Gasteiger partial charge in [-0.25, -0.2) is 0 Å². The highest BCUT2D eigenvalue weighted by molar-refractivity contribution is 5.82. The molecular weight excluding hydrogens is 302 g/mol. The second-order valence-electron chi connectivity index (χ2n) is 7.03. The van der Waals surface area contributed by atoms with E-state index >= 15 is 0 Å². The minimum atomic E-state index is -0.876. The molecule has 0 aromatic heterocycles. The molecule has 2 aliphatic rings. The van der Waals surface area contributed by atoms with E-state index in [-0.39, 0.29) is 19.8 Å². The van der Waals surface area contributed by atoms with Gasteiger partial charge in [0.1, 0.15) is 0 Å². The molecule has 1 aromatic rings. The number of carbonyl (C=O) groups excluding carboxylic acids is 1. The van der Waals surface area contributed by atoms with Gasteiger partial charge in [0, 0.05) is 19.5 Å². The first-order valence-corrected chi connectivity index (χ1v) is 8.68. The number of hydrogen-bond acceptors (Lipinski definition) is 2. The van der Waals surface area contributed by atoms with Gasteiger partial charge in [-0.15, -0.1) is 0 Å². The molecule has 24 heavy (non-hydrogen) atoms. The molecule has 3 rings (SSSR count). The van der Waals surface area contributed by atoms with Crippen LogP contribution in [0.5, 0.6) is 0 Å². The fourth-order valence-corrected chi connectivity index (χ4v) is 4.09. The van der Waals surface area contributed by atoms with Gasteiger partial charge in [0.2, 0.25) is 5.91 Å². The zero-order chi connectivity index (χ0) is 16.2. The molecule has 3 atom stereocenters. The van der Waals surface area contributed by atoms with E-state index in [0.717, 1.165) is 18.7 Å². The first kappa shape index (κ1) is 18.5. The number of benzene rings is 1. The smallest absolute Gasteiger partial charge is 0.307 e. The monoisotopic (exact) mass is 331 g/mol. The molecule has 3 unspecified atom stereocenters. The Bertz CT molecular complexity index is 543. The number of rotatable bonds is 5. The van der Waals surface area contributed by atoms with Gasteiger partial charge < -0.3 is 10.0 Å². The number of nitrogens with zero attached hydrogens (tertiary/aromatic N) is 1. The van der Waals surface area contributed by atoms with E-state index < -0.39 is 11.9 Å². The Morgan fingerprint density at radius 2 is 1.67 bits per heavy atom. The van der Waals surface area contributed by atoms with Gasteiger partial charge >= 0.3 is 5.97 Å². The van der Waals surface area contributed by atoms with Crippen molar-refractivity contribution in [2.24, 2.45) is 17.8 Å². The van der Waals surface area contributed by atoms with Gasteiger partial charge in [0.05, 0.1) is 5.92 Å². The van der Waals surface area contributed by atoms with Crippen LogP contribution in [0.3, 0.4) is 0 Å². The van der Waals surface area contributed by atoms with Gasteiger partial charge in [-0.05, 0) is 36.7 Å². The summed E-state index contributed by atoms with van der Waals surface area (Å²) in [5, 5.41) is 9.46. The predicted octanol–water partition coefficient (Wildman–Crippen LogP) is 3.60. The van der Waals surface area contributed by atoms with Crippen LogP contribution in [-0.2, 0) is 16.0 Å². The van der Waals surface area contributed by atoms with E-state index in [1.54, 1.807) is 0 Å². The molecule has 0 radical (unpaired) electrons. The SMILES string of the molecule is C.O=C(O)C(CC(=O)N1CC2CCCCC2C1)Cc1ccccc1. The molecule has 4 heteroatoms. The van der Waals surface area contributed by atoms with Crippen LogP contribution in [0.25, 0.3) is 0 Å². The second kappa shape index (κ2) is 8.32. The van der Waals surface area contributed by atoms with Crippen LogP contribution in [0.15, 0.2) is 30.3 Å². The molecule has 0 spiro atoms. The van der Waals surface area contributed by atoms with Crippen molar-refractivity contribution in [3.8, 4) is 0 Å². The van der Waals surface area contributed by atoms with Gasteiger partial charge in [-0.1, -0.05) is 50.6 Å². The van der Waals surface area contributed by atoms with Crippen LogP contribution < -0.4 is 0 Å². The summed E-state index contributed by atoms with van der Waals surface area (Å²) >= 11 is 0. The van der Waals surface area contributed by atoms with E-state index in [1.807, 2.05) is 35.2 Å². The first-order valence-electron chi connectivity index (χ1n) is 8.68. The van der Waals surface area contributed by atoms with E-state index in [1.165, 1.54) is 25.7 Å². The Morgan fingerprint density at radius 1 is 1.08 bits per heavy atom. The summed E-state index contributed by atoms with van der Waals surface area (Å²) in [5.41, 5.74) is 0.975. The van der Waals surface area contributed by atoms with Crippen molar-refractivity contribution < 1.29 is 14.7 Å². The van der Waals surface area contributed by atoms with Crippen molar-refractivity contribution in [2.45, 2.75) is 46.0 Å². The summed E-state index contributed by atoms with van der Waals surface area (Å²) < 4.78 is 0. The molecule has 1 aliphatic heterocycles. The molecule has 1 saturated heterocycles. The number of hydrogen-bond donors (Lipinski definition) is 1. The lowest BCUT2D eigenvalue weighted by atomic mass is 9.82. The van der Waals surface area contributed by atoms with Crippen LogP contribution in [0.2, 0.25) is 0 Å². The number of carboxylic acid groups (broad SMARTS) is 1. The molecule has 1 heterocycles. The van der Waals surface area contributed by atoms with E-state index in [9.17, 15) is 14.7 Å². The molecule has 1 aliphatic carbocycles. The fourth-order valence-electron chi connectivity index (χ4n) is 4.09. The van der Waals surface area contributed by atoms with Crippen molar-refractivity contribution in [3.63, 3.8) is 0 Å². The third-order valence-electron chi connectivity index (χ3n) is 5.42. The van der Waals surface area contributed by atoms with Gasteiger partial charge in [0.25, 0.3) is 0 Å². The third kappa shape index (κ3) is 4.37. The number of aliphatic carboxylic acids is 1. The Hall–Kier alpha value is -1.84. The molecule has 4 nitrogen and oxygen atoms in total.